The summed E-state index contributed by atoms with van der Waals surface area (Å²) in [6.07, 6.45) is 3.63. The number of carbonyl (C=O) groups is 4. The minimum atomic E-state index is -1.25. The van der Waals surface area contributed by atoms with Gasteiger partial charge in [0.25, 0.3) is 6.29 Å². The van der Waals surface area contributed by atoms with Gasteiger partial charge < -0.3 is 19.9 Å². The highest BCUT2D eigenvalue weighted by atomic mass is 32.2. The van der Waals surface area contributed by atoms with Gasteiger partial charge in [0, 0.05) is 18.6 Å². The molecule has 1 aliphatic carbocycles. The molecule has 0 aromatic carbocycles. The van der Waals surface area contributed by atoms with Crippen LogP contribution in [-0.4, -0.2) is 46.3 Å². The van der Waals surface area contributed by atoms with E-state index in [0.29, 0.717) is 11.8 Å². The summed E-state index contributed by atoms with van der Waals surface area (Å²) in [5.41, 5.74) is 0. The molecule has 0 heterocycles. The van der Waals surface area contributed by atoms with Gasteiger partial charge in [-0.05, 0) is 24.6 Å². The smallest absolute Gasteiger partial charge is 0.370 e. The number of esters is 1. The van der Waals surface area contributed by atoms with Crippen LogP contribution in [0.3, 0.4) is 0 Å². The van der Waals surface area contributed by atoms with Crippen LogP contribution in [0.2, 0.25) is 0 Å². The normalized spacial score (nSPS) is 17.2. The van der Waals surface area contributed by atoms with E-state index in [1.54, 1.807) is 13.8 Å². The number of nitrogens with one attached hydrogen (secondary N) is 1. The monoisotopic (exact) mass is 389 g/mol. The molecule has 2 N–H and O–H groups in total. The van der Waals surface area contributed by atoms with E-state index in [0.717, 1.165) is 32.1 Å². The maximum absolute atomic E-state index is 12.2. The van der Waals surface area contributed by atoms with Gasteiger partial charge >= 0.3 is 17.2 Å². The second-order valence-electron chi connectivity index (χ2n) is 6.65. The lowest BCUT2D eigenvalue weighted by atomic mass is 9.89. The van der Waals surface area contributed by atoms with Crippen LogP contribution in [0.4, 0.5) is 4.79 Å². The van der Waals surface area contributed by atoms with E-state index in [2.05, 4.69) is 5.32 Å². The highest BCUT2D eigenvalue weighted by molar-refractivity contribution is 8.13. The first-order valence-corrected chi connectivity index (χ1v) is 9.73. The number of amides is 1. The van der Waals surface area contributed by atoms with Crippen LogP contribution >= 0.6 is 11.8 Å². The van der Waals surface area contributed by atoms with Gasteiger partial charge in [0.1, 0.15) is 6.04 Å². The number of thioether (sulfide) groups is 1. The molecule has 0 aromatic rings. The lowest BCUT2D eigenvalue weighted by Crippen LogP contribution is -2.41. The largest absolute Gasteiger partial charge is 0.480 e. The SMILES string of the molecule is CC(=O)N[C@@H](CSC(=O)O[C@H](OC(=O)C1CCCCC1)C(C)C)C(=O)O. The summed E-state index contributed by atoms with van der Waals surface area (Å²) in [5.74, 6) is -2.69. The molecule has 1 saturated carbocycles. The minimum absolute atomic E-state index is 0.160. The summed E-state index contributed by atoms with van der Waals surface area (Å²) >= 11 is 0.615. The Morgan fingerprint density at radius 3 is 2.23 bits per heavy atom. The van der Waals surface area contributed by atoms with Crippen molar-refractivity contribution in [2.75, 3.05) is 5.75 Å². The zero-order valence-electron chi connectivity index (χ0n) is 15.4. The molecule has 1 amide bonds. The van der Waals surface area contributed by atoms with Crippen molar-refractivity contribution < 1.29 is 33.8 Å². The van der Waals surface area contributed by atoms with Crippen molar-refractivity contribution in [3.8, 4) is 0 Å². The minimum Gasteiger partial charge on any atom is -0.480 e. The Morgan fingerprint density at radius 1 is 1.12 bits per heavy atom. The van der Waals surface area contributed by atoms with Gasteiger partial charge in [0.2, 0.25) is 5.91 Å². The summed E-state index contributed by atoms with van der Waals surface area (Å²) < 4.78 is 10.5. The molecule has 1 rings (SSSR count). The predicted octanol–water partition coefficient (Wildman–Crippen LogP) is 2.55. The molecule has 0 unspecified atom stereocenters. The van der Waals surface area contributed by atoms with E-state index in [4.69, 9.17) is 14.6 Å². The zero-order valence-corrected chi connectivity index (χ0v) is 16.2. The Kier molecular flexibility index (Phi) is 9.47. The van der Waals surface area contributed by atoms with Gasteiger partial charge in [-0.3, -0.25) is 9.59 Å². The van der Waals surface area contributed by atoms with Crippen molar-refractivity contribution in [1.29, 1.82) is 0 Å². The number of carboxylic acids is 1. The number of hydrogen-bond donors (Lipinski definition) is 2. The molecular formula is C17H27NO7S. The Bertz CT molecular complexity index is 517. The third-order valence-corrected chi connectivity index (χ3v) is 4.80. The molecule has 0 spiro atoms. The van der Waals surface area contributed by atoms with Gasteiger partial charge in [-0.2, -0.15) is 0 Å². The number of ether oxygens (including phenoxy) is 2. The molecule has 0 aliphatic heterocycles. The molecule has 26 heavy (non-hydrogen) atoms. The second-order valence-corrected chi connectivity index (χ2v) is 7.61. The van der Waals surface area contributed by atoms with Gasteiger partial charge in [0.15, 0.2) is 0 Å². The van der Waals surface area contributed by atoms with Gasteiger partial charge in [-0.1, -0.05) is 33.1 Å². The van der Waals surface area contributed by atoms with Crippen molar-refractivity contribution in [2.24, 2.45) is 11.8 Å². The quantitative estimate of drug-likeness (QED) is 0.480. The van der Waals surface area contributed by atoms with Gasteiger partial charge in [0.05, 0.1) is 5.92 Å². The van der Waals surface area contributed by atoms with Crippen molar-refractivity contribution in [1.82, 2.24) is 5.32 Å². The molecule has 0 bridgehead atoms. The van der Waals surface area contributed by atoms with E-state index in [1.165, 1.54) is 6.92 Å². The van der Waals surface area contributed by atoms with E-state index in [9.17, 15) is 19.2 Å². The molecule has 2 atom stereocenters. The van der Waals surface area contributed by atoms with Crippen molar-refractivity contribution in [2.45, 2.75) is 65.2 Å². The van der Waals surface area contributed by atoms with Crippen molar-refractivity contribution >= 4 is 34.9 Å². The third kappa shape index (κ3) is 8.07. The summed E-state index contributed by atoms with van der Waals surface area (Å²) in [5, 5.41) is 10.5. The lowest BCUT2D eigenvalue weighted by molar-refractivity contribution is -0.179. The zero-order chi connectivity index (χ0) is 19.7. The van der Waals surface area contributed by atoms with E-state index < -0.39 is 29.5 Å². The summed E-state index contributed by atoms with van der Waals surface area (Å²) in [4.78, 5) is 46.2. The van der Waals surface area contributed by atoms with E-state index in [-0.39, 0.29) is 23.6 Å². The molecule has 1 aliphatic rings. The number of carboxylic acid groups (broad SMARTS) is 1. The summed E-state index contributed by atoms with van der Waals surface area (Å²) in [7, 11) is 0. The maximum atomic E-state index is 12.2. The molecule has 148 valence electrons. The molecule has 8 nitrogen and oxygen atoms in total. The fraction of sp³-hybridized carbons (Fsp3) is 0.765. The average molecular weight is 389 g/mol. The highest BCUT2D eigenvalue weighted by Crippen LogP contribution is 2.26. The summed E-state index contributed by atoms with van der Waals surface area (Å²) in [6, 6.07) is -1.20. The number of carbonyl (C=O) groups excluding carboxylic acids is 3. The van der Waals surface area contributed by atoms with Crippen LogP contribution in [0.15, 0.2) is 0 Å². The fourth-order valence-corrected chi connectivity index (χ4v) is 3.24. The van der Waals surface area contributed by atoms with Crippen molar-refractivity contribution in [3.05, 3.63) is 0 Å². The lowest BCUT2D eigenvalue weighted by Gasteiger charge is -2.25. The van der Waals surface area contributed by atoms with E-state index >= 15 is 0 Å². The Hall–Kier alpha value is -1.77. The highest BCUT2D eigenvalue weighted by Gasteiger charge is 2.29. The predicted molar refractivity (Wildman–Crippen MR) is 95.5 cm³/mol. The number of rotatable bonds is 8. The van der Waals surface area contributed by atoms with Crippen molar-refractivity contribution in [3.63, 3.8) is 0 Å². The topological polar surface area (TPSA) is 119 Å². The molecular weight excluding hydrogens is 362 g/mol. The maximum Gasteiger partial charge on any atom is 0.370 e. The third-order valence-electron chi connectivity index (χ3n) is 3.97. The average Bonchev–Trinajstić information content (AvgIpc) is 2.58. The van der Waals surface area contributed by atoms with Crippen LogP contribution in [-0.2, 0) is 23.9 Å². The first kappa shape index (κ1) is 22.3. The standard InChI is InChI=1S/C17H27NO7S/c1-10(2)16(24-15(22)12-7-5-4-6-8-12)25-17(23)26-9-13(14(20)21)18-11(3)19/h10,12-13,16H,4-9H2,1-3H3,(H,18,19)(H,20,21)/t13-,16-/m0/s1. The fourth-order valence-electron chi connectivity index (χ4n) is 2.55. The summed E-state index contributed by atoms with van der Waals surface area (Å²) in [6.45, 7) is 4.71. The molecule has 0 radical (unpaired) electrons. The molecule has 0 aromatic heterocycles. The molecule has 1 fully saturated rings. The molecule has 0 saturated heterocycles. The van der Waals surface area contributed by atoms with Crippen LogP contribution < -0.4 is 5.32 Å². The van der Waals surface area contributed by atoms with E-state index in [1.807, 2.05) is 0 Å². The Labute approximate surface area is 157 Å². The van der Waals surface area contributed by atoms with Crippen LogP contribution in [0.1, 0.15) is 52.9 Å². The Balaban J connectivity index is 2.52. The van der Waals surface area contributed by atoms with Crippen LogP contribution in [0.25, 0.3) is 0 Å². The number of aliphatic carboxylic acids is 1. The number of hydrogen-bond acceptors (Lipinski definition) is 7. The first-order valence-electron chi connectivity index (χ1n) is 8.74. The Morgan fingerprint density at radius 2 is 1.73 bits per heavy atom. The van der Waals surface area contributed by atoms with Gasteiger partial charge in [-0.25, -0.2) is 9.59 Å². The first-order chi connectivity index (χ1) is 12.2. The van der Waals surface area contributed by atoms with Crippen LogP contribution in [0, 0.1) is 11.8 Å². The molecule has 9 heteroatoms. The second kappa shape index (κ2) is 11.1. The van der Waals surface area contributed by atoms with Gasteiger partial charge in [-0.15, -0.1) is 0 Å². The van der Waals surface area contributed by atoms with Crippen LogP contribution in [0.5, 0.6) is 0 Å².